The summed E-state index contributed by atoms with van der Waals surface area (Å²) >= 11 is 3.65. The molecule has 2 aliphatic heterocycles. The maximum atomic E-state index is 12.0. The van der Waals surface area contributed by atoms with E-state index in [0.717, 1.165) is 17.4 Å². The highest BCUT2D eigenvalue weighted by molar-refractivity contribution is 9.10. The lowest BCUT2D eigenvalue weighted by atomic mass is 9.81. The molecular weight excluding hydrogens is 372 g/mol. The van der Waals surface area contributed by atoms with E-state index in [9.17, 15) is 4.79 Å². The minimum Gasteiger partial charge on any atom is -0.428 e. The van der Waals surface area contributed by atoms with Gasteiger partial charge in [0.05, 0.1) is 11.9 Å². The van der Waals surface area contributed by atoms with Crippen molar-refractivity contribution in [3.8, 4) is 5.75 Å². The molecule has 1 fully saturated rings. The summed E-state index contributed by atoms with van der Waals surface area (Å²) in [6.45, 7) is 8.80. The van der Waals surface area contributed by atoms with Gasteiger partial charge in [0, 0.05) is 23.5 Å². The predicted octanol–water partition coefficient (Wildman–Crippen LogP) is 4.13. The van der Waals surface area contributed by atoms with Crippen LogP contribution >= 0.6 is 15.9 Å². The van der Waals surface area contributed by atoms with Crippen LogP contribution < -0.4 is 9.64 Å². The van der Waals surface area contributed by atoms with E-state index in [1.807, 2.05) is 32.9 Å². The number of nitrogens with zero attached hydrogens (tertiary/aromatic N) is 2. The first-order valence-electron chi connectivity index (χ1n) is 8.21. The van der Waals surface area contributed by atoms with Crippen LogP contribution in [0.25, 0.3) is 0 Å². The van der Waals surface area contributed by atoms with Gasteiger partial charge in [-0.25, -0.2) is 4.79 Å². The fourth-order valence-electron chi connectivity index (χ4n) is 4.06. The van der Waals surface area contributed by atoms with Gasteiger partial charge in [-0.1, -0.05) is 6.92 Å². The molecule has 2 aliphatic rings. The molecule has 0 aromatic heterocycles. The highest BCUT2D eigenvalue weighted by Crippen LogP contribution is 2.54. The van der Waals surface area contributed by atoms with E-state index in [0.29, 0.717) is 11.9 Å². The second kappa shape index (κ2) is 5.63. The Kier molecular flexibility index (Phi) is 4.12. The minimum absolute atomic E-state index is 0.0225. The van der Waals surface area contributed by atoms with Crippen LogP contribution in [0, 0.1) is 0 Å². The Hall–Kier alpha value is -1.27. The normalized spacial score (nSPS) is 26.3. The molecule has 0 N–H and O–H groups in total. The second-order valence-corrected chi connectivity index (χ2v) is 8.85. The first kappa shape index (κ1) is 17.5. The van der Waals surface area contributed by atoms with Gasteiger partial charge in [0.2, 0.25) is 0 Å². The van der Waals surface area contributed by atoms with Gasteiger partial charge in [-0.3, -0.25) is 4.90 Å². The highest BCUT2D eigenvalue weighted by Gasteiger charge is 2.53. The van der Waals surface area contributed by atoms with Gasteiger partial charge in [-0.05, 0) is 67.9 Å². The van der Waals surface area contributed by atoms with Crippen LogP contribution in [-0.2, 0) is 10.2 Å². The number of rotatable bonds is 1. The molecule has 132 valence electrons. The van der Waals surface area contributed by atoms with E-state index in [-0.39, 0.29) is 5.41 Å². The van der Waals surface area contributed by atoms with Crippen molar-refractivity contribution in [1.29, 1.82) is 0 Å². The smallest absolute Gasteiger partial charge is 0.428 e. The molecule has 2 unspecified atom stereocenters. The van der Waals surface area contributed by atoms with Crippen molar-refractivity contribution in [3.05, 3.63) is 22.2 Å². The van der Waals surface area contributed by atoms with Crippen LogP contribution in [-0.4, -0.2) is 43.5 Å². The zero-order chi connectivity index (χ0) is 17.9. The number of fused-ring (bicyclic) bond motifs is 3. The summed E-state index contributed by atoms with van der Waals surface area (Å²) in [7, 11) is 4.28. The lowest BCUT2D eigenvalue weighted by molar-refractivity contribution is 0.0206. The summed E-state index contributed by atoms with van der Waals surface area (Å²) in [4.78, 5) is 16.7. The minimum atomic E-state index is -0.675. The molecule has 0 saturated carbocycles. The number of hydrogen-bond donors (Lipinski definition) is 0. The van der Waals surface area contributed by atoms with Crippen molar-refractivity contribution < 1.29 is 14.3 Å². The third-order valence-electron chi connectivity index (χ3n) is 4.93. The summed E-state index contributed by atoms with van der Waals surface area (Å²) in [5.74, 6) is 0.514. The lowest BCUT2D eigenvalue weighted by Gasteiger charge is -2.32. The van der Waals surface area contributed by atoms with Crippen LogP contribution in [0.3, 0.4) is 0 Å². The zero-order valence-electron chi connectivity index (χ0n) is 15.1. The van der Waals surface area contributed by atoms with Crippen molar-refractivity contribution in [3.63, 3.8) is 0 Å². The van der Waals surface area contributed by atoms with Gasteiger partial charge in [0.15, 0.2) is 0 Å². The summed E-state index contributed by atoms with van der Waals surface area (Å²) in [6.07, 6.45) is 0.722. The molecule has 6 heteroatoms. The maximum absolute atomic E-state index is 12.0. The third kappa shape index (κ3) is 2.80. The molecule has 0 aliphatic carbocycles. The van der Waals surface area contributed by atoms with E-state index in [2.05, 4.69) is 46.7 Å². The maximum Gasteiger partial charge on any atom is 0.514 e. The number of carbonyl (C=O) groups excluding carboxylic acids is 1. The SMILES string of the molecule is CN1CCC2(C)c3cc(OC(=O)OC(C)(C)C)cc(Br)c3N(C)C12. The van der Waals surface area contributed by atoms with Gasteiger partial charge in [-0.2, -0.15) is 0 Å². The molecule has 2 heterocycles. The predicted molar refractivity (Wildman–Crippen MR) is 97.8 cm³/mol. The molecule has 1 aromatic carbocycles. The van der Waals surface area contributed by atoms with E-state index in [1.54, 1.807) is 0 Å². The van der Waals surface area contributed by atoms with Gasteiger partial charge in [0.1, 0.15) is 11.4 Å². The molecule has 1 saturated heterocycles. The second-order valence-electron chi connectivity index (χ2n) is 8.00. The summed E-state index contributed by atoms with van der Waals surface area (Å²) in [6, 6.07) is 3.82. The van der Waals surface area contributed by atoms with E-state index in [4.69, 9.17) is 9.47 Å². The van der Waals surface area contributed by atoms with Gasteiger partial charge < -0.3 is 14.4 Å². The number of likely N-dealkylation sites (N-methyl/N-ethyl adjacent to an activating group) is 2. The average Bonchev–Trinajstić information content (AvgIpc) is 2.82. The molecule has 2 atom stereocenters. The number of anilines is 1. The van der Waals surface area contributed by atoms with E-state index >= 15 is 0 Å². The van der Waals surface area contributed by atoms with Crippen LogP contribution in [0.5, 0.6) is 5.75 Å². The first-order valence-corrected chi connectivity index (χ1v) is 9.00. The van der Waals surface area contributed by atoms with Crippen molar-refractivity contribution in [2.45, 2.75) is 51.3 Å². The Bertz CT molecular complexity index is 686. The number of hydrogen-bond acceptors (Lipinski definition) is 5. The number of halogens is 1. The van der Waals surface area contributed by atoms with Crippen molar-refractivity contribution in [2.75, 3.05) is 25.5 Å². The van der Waals surface area contributed by atoms with Crippen molar-refractivity contribution in [2.24, 2.45) is 0 Å². The highest BCUT2D eigenvalue weighted by atomic mass is 79.9. The van der Waals surface area contributed by atoms with Gasteiger partial charge in [-0.15, -0.1) is 0 Å². The van der Waals surface area contributed by atoms with Crippen LogP contribution in [0.4, 0.5) is 10.5 Å². The summed E-state index contributed by atoms with van der Waals surface area (Å²) in [5.41, 5.74) is 1.84. The topological polar surface area (TPSA) is 42.0 Å². The number of benzene rings is 1. The Morgan fingerprint density at radius 1 is 1.33 bits per heavy atom. The van der Waals surface area contributed by atoms with E-state index < -0.39 is 11.8 Å². The molecule has 0 radical (unpaired) electrons. The standard InChI is InChI=1S/C18H25BrN2O3/c1-17(2,3)24-16(22)23-11-9-12-14(13(19)10-11)21(6)15-18(12,4)7-8-20(15)5/h9-10,15H,7-8H2,1-6H3. The van der Waals surface area contributed by atoms with Crippen molar-refractivity contribution >= 4 is 27.8 Å². The number of ether oxygens (including phenoxy) is 2. The lowest BCUT2D eigenvalue weighted by Crippen LogP contribution is -2.45. The Labute approximate surface area is 152 Å². The molecular formula is C18H25BrN2O3. The molecule has 0 spiro atoms. The van der Waals surface area contributed by atoms with Crippen LogP contribution in [0.1, 0.15) is 39.7 Å². The summed E-state index contributed by atoms with van der Waals surface area (Å²) < 4.78 is 11.6. The third-order valence-corrected chi connectivity index (χ3v) is 5.54. The fourth-order valence-corrected chi connectivity index (χ4v) is 4.78. The first-order chi connectivity index (χ1) is 11.0. The van der Waals surface area contributed by atoms with E-state index in [1.165, 1.54) is 11.3 Å². The number of carbonyl (C=O) groups is 1. The molecule has 5 nitrogen and oxygen atoms in total. The number of likely N-dealkylation sites (tertiary alicyclic amines) is 1. The fraction of sp³-hybridized carbons (Fsp3) is 0.611. The quantitative estimate of drug-likeness (QED) is 0.527. The molecule has 0 amide bonds. The molecule has 3 rings (SSSR count). The molecule has 0 bridgehead atoms. The van der Waals surface area contributed by atoms with Crippen LogP contribution in [0.2, 0.25) is 0 Å². The Morgan fingerprint density at radius 2 is 2.00 bits per heavy atom. The van der Waals surface area contributed by atoms with Gasteiger partial charge >= 0.3 is 6.16 Å². The Morgan fingerprint density at radius 3 is 2.62 bits per heavy atom. The largest absolute Gasteiger partial charge is 0.514 e. The van der Waals surface area contributed by atoms with Crippen LogP contribution in [0.15, 0.2) is 16.6 Å². The Balaban J connectivity index is 1.94. The zero-order valence-corrected chi connectivity index (χ0v) is 16.7. The monoisotopic (exact) mass is 396 g/mol. The average molecular weight is 397 g/mol. The summed E-state index contributed by atoms with van der Waals surface area (Å²) in [5, 5.41) is 0. The van der Waals surface area contributed by atoms with Crippen molar-refractivity contribution in [1.82, 2.24) is 4.90 Å². The molecule has 1 aromatic rings. The van der Waals surface area contributed by atoms with Gasteiger partial charge in [0.25, 0.3) is 0 Å². The molecule has 24 heavy (non-hydrogen) atoms.